The Balaban J connectivity index is 2.31. The zero-order valence-electron chi connectivity index (χ0n) is 12.6. The van der Waals surface area contributed by atoms with Crippen LogP contribution in [-0.4, -0.2) is 29.8 Å². The summed E-state index contributed by atoms with van der Waals surface area (Å²) in [7, 11) is 3.39. The molecule has 0 saturated carbocycles. The largest absolute Gasteiger partial charge is 0.493 e. The molecular weight excluding hydrogens is 268 g/mol. The molecule has 21 heavy (non-hydrogen) atoms. The van der Waals surface area contributed by atoms with Crippen molar-refractivity contribution < 1.29 is 14.3 Å². The predicted molar refractivity (Wildman–Crippen MR) is 81.0 cm³/mol. The van der Waals surface area contributed by atoms with Gasteiger partial charge in [0.25, 0.3) is 0 Å². The Kier molecular flexibility index (Phi) is 4.98. The zero-order valence-corrected chi connectivity index (χ0v) is 12.6. The number of aryl methyl sites for hydroxylation is 1. The topological polar surface area (TPSA) is 53.4 Å². The second-order valence-corrected chi connectivity index (χ2v) is 4.79. The van der Waals surface area contributed by atoms with Crippen LogP contribution in [0.1, 0.15) is 30.1 Å². The van der Waals surface area contributed by atoms with Crippen LogP contribution in [0.25, 0.3) is 11.3 Å². The summed E-state index contributed by atoms with van der Waals surface area (Å²) in [6.45, 7) is 2.78. The lowest BCUT2D eigenvalue weighted by atomic mass is 10.1. The molecule has 0 atom stereocenters. The van der Waals surface area contributed by atoms with Crippen molar-refractivity contribution in [2.45, 2.75) is 19.8 Å². The van der Waals surface area contributed by atoms with Gasteiger partial charge in [-0.05, 0) is 24.6 Å². The molecule has 0 aliphatic carbocycles. The standard InChI is InChI=1S/C16H20N2O3/c1-4-5-8-21-14-7-6-12(9-15(14)20-3)16-13(11-19)10-18(2)17-16/h6-7,9-11H,4-5,8H2,1-3H3. The van der Waals surface area contributed by atoms with Gasteiger partial charge in [0.2, 0.25) is 0 Å². The Morgan fingerprint density at radius 2 is 2.14 bits per heavy atom. The van der Waals surface area contributed by atoms with Crippen molar-refractivity contribution >= 4 is 6.29 Å². The molecule has 5 heteroatoms. The van der Waals surface area contributed by atoms with E-state index in [1.54, 1.807) is 25.0 Å². The van der Waals surface area contributed by atoms with E-state index in [9.17, 15) is 4.79 Å². The van der Waals surface area contributed by atoms with Crippen molar-refractivity contribution in [1.82, 2.24) is 9.78 Å². The number of hydrogen-bond acceptors (Lipinski definition) is 4. The number of ether oxygens (including phenoxy) is 2. The monoisotopic (exact) mass is 288 g/mol. The molecule has 5 nitrogen and oxygen atoms in total. The van der Waals surface area contributed by atoms with Crippen molar-refractivity contribution in [2.75, 3.05) is 13.7 Å². The minimum atomic E-state index is 0.555. The highest BCUT2D eigenvalue weighted by Crippen LogP contribution is 2.33. The van der Waals surface area contributed by atoms with Gasteiger partial charge in [-0.25, -0.2) is 0 Å². The molecule has 0 radical (unpaired) electrons. The van der Waals surface area contributed by atoms with E-state index in [-0.39, 0.29) is 0 Å². The molecule has 0 unspecified atom stereocenters. The third-order valence-corrected chi connectivity index (χ3v) is 3.18. The third kappa shape index (κ3) is 3.42. The third-order valence-electron chi connectivity index (χ3n) is 3.18. The fraction of sp³-hybridized carbons (Fsp3) is 0.375. The second kappa shape index (κ2) is 6.92. The molecule has 0 N–H and O–H groups in total. The van der Waals surface area contributed by atoms with E-state index in [0.29, 0.717) is 29.4 Å². The molecule has 0 fully saturated rings. The zero-order chi connectivity index (χ0) is 15.2. The molecule has 0 aliphatic rings. The van der Waals surface area contributed by atoms with Crippen LogP contribution in [0.4, 0.5) is 0 Å². The van der Waals surface area contributed by atoms with E-state index in [4.69, 9.17) is 9.47 Å². The van der Waals surface area contributed by atoms with Crippen LogP contribution in [0.3, 0.4) is 0 Å². The summed E-state index contributed by atoms with van der Waals surface area (Å²) in [5.41, 5.74) is 2.03. The summed E-state index contributed by atoms with van der Waals surface area (Å²) >= 11 is 0. The first-order valence-electron chi connectivity index (χ1n) is 6.99. The molecule has 0 aliphatic heterocycles. The molecule has 0 saturated heterocycles. The van der Waals surface area contributed by atoms with Crippen LogP contribution >= 0.6 is 0 Å². The molecule has 2 rings (SSSR count). The van der Waals surface area contributed by atoms with Crippen molar-refractivity contribution in [3.63, 3.8) is 0 Å². The van der Waals surface area contributed by atoms with Crippen LogP contribution in [0, 0.1) is 0 Å². The lowest BCUT2D eigenvalue weighted by Crippen LogP contribution is -1.99. The highest BCUT2D eigenvalue weighted by Gasteiger charge is 2.13. The number of aldehydes is 1. The number of carbonyl (C=O) groups is 1. The van der Waals surface area contributed by atoms with Gasteiger partial charge in [-0.2, -0.15) is 5.10 Å². The van der Waals surface area contributed by atoms with Crippen molar-refractivity contribution in [3.05, 3.63) is 30.0 Å². The molecular formula is C16H20N2O3. The van der Waals surface area contributed by atoms with E-state index in [2.05, 4.69) is 12.0 Å². The number of aromatic nitrogens is 2. The molecule has 0 amide bonds. The highest BCUT2D eigenvalue weighted by molar-refractivity contribution is 5.85. The summed E-state index contributed by atoms with van der Waals surface area (Å²) in [6, 6.07) is 5.59. The van der Waals surface area contributed by atoms with Gasteiger partial charge in [0.15, 0.2) is 17.8 Å². The van der Waals surface area contributed by atoms with Gasteiger partial charge < -0.3 is 9.47 Å². The average Bonchev–Trinajstić information content (AvgIpc) is 2.88. The smallest absolute Gasteiger partial charge is 0.161 e. The predicted octanol–water partition coefficient (Wildman–Crippen LogP) is 3.09. The van der Waals surface area contributed by atoms with E-state index in [0.717, 1.165) is 24.7 Å². The van der Waals surface area contributed by atoms with Gasteiger partial charge in [-0.1, -0.05) is 13.3 Å². The second-order valence-electron chi connectivity index (χ2n) is 4.79. The Hall–Kier alpha value is -2.30. The summed E-state index contributed by atoms with van der Waals surface area (Å²) in [4.78, 5) is 11.1. The van der Waals surface area contributed by atoms with E-state index < -0.39 is 0 Å². The van der Waals surface area contributed by atoms with Crippen molar-refractivity contribution in [3.8, 4) is 22.8 Å². The van der Waals surface area contributed by atoms with Crippen LogP contribution in [0.2, 0.25) is 0 Å². The van der Waals surface area contributed by atoms with Gasteiger partial charge in [-0.15, -0.1) is 0 Å². The first kappa shape index (κ1) is 15.1. The molecule has 0 spiro atoms. The Bertz CT molecular complexity index is 620. The lowest BCUT2D eigenvalue weighted by Gasteiger charge is -2.11. The summed E-state index contributed by atoms with van der Waals surface area (Å²) in [6.07, 6.45) is 4.58. The van der Waals surface area contributed by atoms with Crippen LogP contribution in [0.15, 0.2) is 24.4 Å². The molecule has 1 aromatic carbocycles. The first-order chi connectivity index (χ1) is 10.2. The van der Waals surface area contributed by atoms with Crippen molar-refractivity contribution in [2.24, 2.45) is 7.05 Å². The van der Waals surface area contributed by atoms with Gasteiger partial charge in [-0.3, -0.25) is 9.48 Å². The van der Waals surface area contributed by atoms with Gasteiger partial charge in [0.1, 0.15) is 5.69 Å². The molecule has 2 aromatic rings. The van der Waals surface area contributed by atoms with Gasteiger partial charge in [0.05, 0.1) is 19.3 Å². The fourth-order valence-corrected chi connectivity index (χ4v) is 2.08. The minimum absolute atomic E-state index is 0.555. The number of methoxy groups -OCH3 is 1. The minimum Gasteiger partial charge on any atom is -0.493 e. The van der Waals surface area contributed by atoms with E-state index >= 15 is 0 Å². The number of nitrogens with zero attached hydrogens (tertiary/aromatic N) is 2. The average molecular weight is 288 g/mol. The number of rotatable bonds is 7. The number of unbranched alkanes of at least 4 members (excludes halogenated alkanes) is 1. The number of benzene rings is 1. The number of hydrogen-bond donors (Lipinski definition) is 0. The molecule has 1 heterocycles. The van der Waals surface area contributed by atoms with Crippen LogP contribution in [-0.2, 0) is 7.05 Å². The summed E-state index contributed by atoms with van der Waals surface area (Å²) < 4.78 is 12.7. The SMILES string of the molecule is CCCCOc1ccc(-c2nn(C)cc2C=O)cc1OC. The maximum atomic E-state index is 11.1. The number of carbonyl (C=O) groups excluding carboxylic acids is 1. The van der Waals surface area contributed by atoms with E-state index in [1.807, 2.05) is 18.2 Å². The van der Waals surface area contributed by atoms with Crippen molar-refractivity contribution in [1.29, 1.82) is 0 Å². The van der Waals surface area contributed by atoms with Crippen LogP contribution in [0.5, 0.6) is 11.5 Å². The normalized spacial score (nSPS) is 10.4. The van der Waals surface area contributed by atoms with Crippen LogP contribution < -0.4 is 9.47 Å². The fourth-order valence-electron chi connectivity index (χ4n) is 2.08. The molecule has 0 bridgehead atoms. The molecule has 112 valence electrons. The highest BCUT2D eigenvalue weighted by atomic mass is 16.5. The Labute approximate surface area is 124 Å². The maximum absolute atomic E-state index is 11.1. The summed E-state index contributed by atoms with van der Waals surface area (Å²) in [5.74, 6) is 1.35. The quantitative estimate of drug-likeness (QED) is 0.580. The van der Waals surface area contributed by atoms with Gasteiger partial charge >= 0.3 is 0 Å². The van der Waals surface area contributed by atoms with E-state index in [1.165, 1.54) is 0 Å². The Morgan fingerprint density at radius 1 is 1.33 bits per heavy atom. The Morgan fingerprint density at radius 3 is 2.81 bits per heavy atom. The van der Waals surface area contributed by atoms with Gasteiger partial charge in [0, 0.05) is 18.8 Å². The lowest BCUT2D eigenvalue weighted by molar-refractivity contribution is 0.112. The molecule has 1 aromatic heterocycles. The first-order valence-corrected chi connectivity index (χ1v) is 6.99. The maximum Gasteiger partial charge on any atom is 0.161 e. The summed E-state index contributed by atoms with van der Waals surface area (Å²) in [5, 5.41) is 4.32.